The van der Waals surface area contributed by atoms with Crippen molar-refractivity contribution in [3.05, 3.63) is 75.5 Å². The van der Waals surface area contributed by atoms with Crippen LogP contribution in [0.3, 0.4) is 0 Å². The van der Waals surface area contributed by atoms with Gasteiger partial charge in [-0.3, -0.25) is 14.9 Å². The number of aryl methyl sites for hydroxylation is 1. The van der Waals surface area contributed by atoms with Crippen molar-refractivity contribution >= 4 is 28.7 Å². The number of para-hydroxylation sites is 1. The molecule has 0 bridgehead atoms. The van der Waals surface area contributed by atoms with Gasteiger partial charge in [0.15, 0.2) is 0 Å². The molecule has 3 aromatic rings. The lowest BCUT2D eigenvalue weighted by Gasteiger charge is -2.00. The van der Waals surface area contributed by atoms with Gasteiger partial charge in [-0.05, 0) is 19.1 Å². The fraction of sp³-hybridized carbons (Fsp3) is 0.111. The SMILES string of the molecule is Cc1c(/C=N/NC(=O)c2cccc([N+](=O)[O-])c2)c2ccccc2n1C. The molecule has 1 amide bonds. The van der Waals surface area contributed by atoms with E-state index in [1.165, 1.54) is 24.3 Å². The minimum atomic E-state index is -0.542. The molecule has 0 aliphatic carbocycles. The Balaban J connectivity index is 1.82. The third-order valence-corrected chi connectivity index (χ3v) is 4.13. The lowest BCUT2D eigenvalue weighted by Crippen LogP contribution is -2.17. The molecule has 2 aromatic carbocycles. The second-order valence-corrected chi connectivity index (χ2v) is 5.58. The van der Waals surface area contributed by atoms with Crippen LogP contribution >= 0.6 is 0 Å². The van der Waals surface area contributed by atoms with E-state index in [1.54, 1.807) is 6.21 Å². The van der Waals surface area contributed by atoms with E-state index in [-0.39, 0.29) is 11.3 Å². The van der Waals surface area contributed by atoms with Crippen LogP contribution in [0.25, 0.3) is 10.9 Å². The van der Waals surface area contributed by atoms with E-state index in [9.17, 15) is 14.9 Å². The molecule has 0 aliphatic rings. The van der Waals surface area contributed by atoms with Gasteiger partial charge in [0.05, 0.1) is 11.1 Å². The molecular weight excluding hydrogens is 320 g/mol. The zero-order valence-electron chi connectivity index (χ0n) is 13.8. The molecule has 3 rings (SSSR count). The molecule has 7 heteroatoms. The van der Waals surface area contributed by atoms with Gasteiger partial charge >= 0.3 is 0 Å². The van der Waals surface area contributed by atoms with E-state index in [4.69, 9.17) is 0 Å². The highest BCUT2D eigenvalue weighted by Crippen LogP contribution is 2.23. The molecule has 1 N–H and O–H groups in total. The molecule has 126 valence electrons. The van der Waals surface area contributed by atoms with E-state index >= 15 is 0 Å². The molecule has 0 spiro atoms. The lowest BCUT2D eigenvalue weighted by molar-refractivity contribution is -0.384. The van der Waals surface area contributed by atoms with Gasteiger partial charge in [-0.2, -0.15) is 5.10 Å². The molecular formula is C18H16N4O3. The number of nitro benzene ring substituents is 1. The predicted octanol–water partition coefficient (Wildman–Crippen LogP) is 3.16. The topological polar surface area (TPSA) is 89.5 Å². The van der Waals surface area contributed by atoms with Crippen molar-refractivity contribution in [1.29, 1.82) is 0 Å². The minimum absolute atomic E-state index is 0.137. The van der Waals surface area contributed by atoms with E-state index in [2.05, 4.69) is 15.1 Å². The average Bonchev–Trinajstić information content (AvgIpc) is 2.87. The van der Waals surface area contributed by atoms with Crippen LogP contribution in [0.1, 0.15) is 21.6 Å². The number of nitrogens with one attached hydrogen (secondary N) is 1. The molecule has 1 heterocycles. The molecule has 0 aliphatic heterocycles. The van der Waals surface area contributed by atoms with Crippen LogP contribution < -0.4 is 5.43 Å². The number of fused-ring (bicyclic) bond motifs is 1. The van der Waals surface area contributed by atoms with E-state index in [0.717, 1.165) is 22.2 Å². The minimum Gasteiger partial charge on any atom is -0.347 e. The number of rotatable bonds is 4. The highest BCUT2D eigenvalue weighted by molar-refractivity contribution is 6.02. The maximum absolute atomic E-state index is 12.1. The Hall–Kier alpha value is -3.48. The Labute approximate surface area is 143 Å². The Morgan fingerprint density at radius 3 is 2.76 bits per heavy atom. The fourth-order valence-corrected chi connectivity index (χ4v) is 2.69. The first-order valence-electron chi connectivity index (χ1n) is 7.61. The zero-order valence-corrected chi connectivity index (χ0v) is 13.8. The number of carbonyl (C=O) groups excluding carboxylic acids is 1. The normalized spacial score (nSPS) is 11.1. The summed E-state index contributed by atoms with van der Waals surface area (Å²) in [5, 5.41) is 15.8. The van der Waals surface area contributed by atoms with Crippen molar-refractivity contribution in [2.24, 2.45) is 12.1 Å². The van der Waals surface area contributed by atoms with Gasteiger partial charge in [0.2, 0.25) is 0 Å². The third-order valence-electron chi connectivity index (χ3n) is 4.13. The zero-order chi connectivity index (χ0) is 18.0. The van der Waals surface area contributed by atoms with Crippen LogP contribution in [-0.2, 0) is 7.05 Å². The van der Waals surface area contributed by atoms with Gasteiger partial charge in [-0.25, -0.2) is 5.43 Å². The van der Waals surface area contributed by atoms with Gasteiger partial charge in [0.25, 0.3) is 11.6 Å². The average molecular weight is 336 g/mol. The van der Waals surface area contributed by atoms with E-state index in [0.29, 0.717) is 0 Å². The number of carbonyl (C=O) groups is 1. The van der Waals surface area contributed by atoms with Gasteiger partial charge in [-0.15, -0.1) is 0 Å². The van der Waals surface area contributed by atoms with Crippen molar-refractivity contribution in [1.82, 2.24) is 9.99 Å². The molecule has 0 saturated heterocycles. The fourth-order valence-electron chi connectivity index (χ4n) is 2.69. The summed E-state index contributed by atoms with van der Waals surface area (Å²) >= 11 is 0. The first-order valence-corrected chi connectivity index (χ1v) is 7.61. The number of hydrazone groups is 1. The van der Waals surface area contributed by atoms with Crippen molar-refractivity contribution < 1.29 is 9.72 Å². The molecule has 0 radical (unpaired) electrons. The lowest BCUT2D eigenvalue weighted by atomic mass is 10.1. The van der Waals surface area contributed by atoms with E-state index in [1.807, 2.05) is 38.2 Å². The van der Waals surface area contributed by atoms with Gasteiger partial charge in [0.1, 0.15) is 0 Å². The smallest absolute Gasteiger partial charge is 0.271 e. The second kappa shape index (κ2) is 6.56. The Morgan fingerprint density at radius 1 is 1.24 bits per heavy atom. The maximum Gasteiger partial charge on any atom is 0.271 e. The molecule has 0 atom stereocenters. The van der Waals surface area contributed by atoms with Crippen LogP contribution in [0.2, 0.25) is 0 Å². The molecule has 25 heavy (non-hydrogen) atoms. The number of amides is 1. The summed E-state index contributed by atoms with van der Waals surface area (Å²) in [6.07, 6.45) is 1.59. The summed E-state index contributed by atoms with van der Waals surface area (Å²) in [5.41, 5.74) is 5.47. The number of hydrogen-bond acceptors (Lipinski definition) is 4. The monoisotopic (exact) mass is 336 g/mol. The van der Waals surface area contributed by atoms with Crippen molar-refractivity contribution in [2.45, 2.75) is 6.92 Å². The summed E-state index contributed by atoms with van der Waals surface area (Å²) in [6, 6.07) is 13.4. The number of benzene rings is 2. The highest BCUT2D eigenvalue weighted by atomic mass is 16.6. The van der Waals surface area contributed by atoms with Gasteiger partial charge in [0, 0.05) is 46.9 Å². The Kier molecular flexibility index (Phi) is 4.30. The summed E-state index contributed by atoms with van der Waals surface area (Å²) in [4.78, 5) is 22.3. The molecule has 1 aromatic heterocycles. The Morgan fingerprint density at radius 2 is 2.00 bits per heavy atom. The summed E-state index contributed by atoms with van der Waals surface area (Å²) in [5.74, 6) is -0.502. The second-order valence-electron chi connectivity index (χ2n) is 5.58. The molecule has 0 fully saturated rings. The van der Waals surface area contributed by atoms with E-state index < -0.39 is 10.8 Å². The number of nitro groups is 1. The first kappa shape index (κ1) is 16.4. The third kappa shape index (κ3) is 3.12. The quantitative estimate of drug-likeness (QED) is 0.451. The van der Waals surface area contributed by atoms with Crippen LogP contribution in [0.5, 0.6) is 0 Å². The van der Waals surface area contributed by atoms with Crippen LogP contribution in [0.4, 0.5) is 5.69 Å². The van der Waals surface area contributed by atoms with Crippen LogP contribution in [0, 0.1) is 17.0 Å². The summed E-state index contributed by atoms with van der Waals surface area (Å²) < 4.78 is 2.05. The van der Waals surface area contributed by atoms with Gasteiger partial charge < -0.3 is 4.57 Å². The number of hydrogen-bond donors (Lipinski definition) is 1. The Bertz CT molecular complexity index is 1000. The standard InChI is InChI=1S/C18H16N4O3/c1-12-16(15-8-3-4-9-17(15)21(12)2)11-19-20-18(23)13-6-5-7-14(10-13)22(24)25/h3-11H,1-2H3,(H,20,23)/b19-11+. The van der Waals surface area contributed by atoms with Crippen molar-refractivity contribution in [2.75, 3.05) is 0 Å². The molecule has 0 unspecified atom stereocenters. The van der Waals surface area contributed by atoms with Crippen LogP contribution in [-0.4, -0.2) is 21.6 Å². The van der Waals surface area contributed by atoms with Gasteiger partial charge in [-0.1, -0.05) is 24.3 Å². The molecule has 7 nitrogen and oxygen atoms in total. The summed E-state index contributed by atoms with van der Waals surface area (Å²) in [6.45, 7) is 1.98. The number of nitrogens with zero attached hydrogens (tertiary/aromatic N) is 3. The molecule has 0 saturated carbocycles. The van der Waals surface area contributed by atoms with Crippen molar-refractivity contribution in [3.8, 4) is 0 Å². The van der Waals surface area contributed by atoms with Crippen molar-refractivity contribution in [3.63, 3.8) is 0 Å². The predicted molar refractivity (Wildman–Crippen MR) is 95.8 cm³/mol. The maximum atomic E-state index is 12.1. The summed E-state index contributed by atoms with van der Waals surface area (Å²) in [7, 11) is 1.97. The van der Waals surface area contributed by atoms with Crippen LogP contribution in [0.15, 0.2) is 53.6 Å². The number of aromatic nitrogens is 1. The number of non-ortho nitro benzene ring substituents is 1. The first-order chi connectivity index (χ1) is 12.0. The largest absolute Gasteiger partial charge is 0.347 e. The highest BCUT2D eigenvalue weighted by Gasteiger charge is 2.12.